The molecule has 0 amide bonds. The van der Waals surface area contributed by atoms with Crippen LogP contribution in [0.2, 0.25) is 0 Å². The summed E-state index contributed by atoms with van der Waals surface area (Å²) in [5, 5.41) is 0. The standard InChI is InChI=1S/C7H5N2O2/c1-3-10-6(8-1)5-7-9-2-4-11-7/h1-5H. The van der Waals surface area contributed by atoms with Crippen molar-refractivity contribution in [2.75, 3.05) is 0 Å². The molecule has 0 saturated heterocycles. The van der Waals surface area contributed by atoms with Crippen molar-refractivity contribution in [3.05, 3.63) is 43.1 Å². The average molecular weight is 149 g/mol. The lowest BCUT2D eigenvalue weighted by molar-refractivity contribution is 0.494. The Bertz CT molecular complexity index is 267. The van der Waals surface area contributed by atoms with E-state index in [0.29, 0.717) is 11.8 Å². The molecule has 0 aromatic carbocycles. The van der Waals surface area contributed by atoms with Crippen LogP contribution >= 0.6 is 0 Å². The van der Waals surface area contributed by atoms with Crippen LogP contribution in [0.3, 0.4) is 0 Å². The Balaban J connectivity index is 2.14. The van der Waals surface area contributed by atoms with Crippen LogP contribution in [0.5, 0.6) is 0 Å². The third kappa shape index (κ3) is 1.29. The van der Waals surface area contributed by atoms with Gasteiger partial charge in [0.05, 0.1) is 12.4 Å². The maximum absolute atomic E-state index is 4.94. The van der Waals surface area contributed by atoms with Crippen LogP contribution in [0.25, 0.3) is 0 Å². The first-order chi connectivity index (χ1) is 5.45. The number of hydrogen-bond donors (Lipinski definition) is 0. The van der Waals surface area contributed by atoms with Crippen LogP contribution < -0.4 is 0 Å². The number of rotatable bonds is 2. The van der Waals surface area contributed by atoms with Crippen LogP contribution in [0.1, 0.15) is 11.8 Å². The van der Waals surface area contributed by atoms with E-state index in [0.717, 1.165) is 0 Å². The van der Waals surface area contributed by atoms with Gasteiger partial charge in [0.25, 0.3) is 0 Å². The molecule has 11 heavy (non-hydrogen) atoms. The third-order valence-electron chi connectivity index (χ3n) is 1.15. The highest BCUT2D eigenvalue weighted by molar-refractivity contribution is 5.10. The summed E-state index contributed by atoms with van der Waals surface area (Å²) in [6, 6.07) is 0. The van der Waals surface area contributed by atoms with Gasteiger partial charge in [0.15, 0.2) is 0 Å². The Kier molecular flexibility index (Phi) is 1.44. The second kappa shape index (κ2) is 2.57. The number of aromatic nitrogens is 2. The fourth-order valence-corrected chi connectivity index (χ4v) is 0.717. The molecule has 1 radical (unpaired) electrons. The summed E-state index contributed by atoms with van der Waals surface area (Å²) >= 11 is 0. The molecule has 0 aliphatic carbocycles. The van der Waals surface area contributed by atoms with E-state index in [1.807, 2.05) is 0 Å². The molecular formula is C7H5N2O2. The first-order valence-corrected chi connectivity index (χ1v) is 3.09. The number of nitrogens with zero attached hydrogens (tertiary/aromatic N) is 2. The van der Waals surface area contributed by atoms with Crippen molar-refractivity contribution >= 4 is 0 Å². The molecule has 0 saturated carbocycles. The zero-order valence-electron chi connectivity index (χ0n) is 5.60. The first-order valence-electron chi connectivity index (χ1n) is 3.09. The molecule has 4 heteroatoms. The zero-order chi connectivity index (χ0) is 7.52. The Morgan fingerprint density at radius 3 is 1.91 bits per heavy atom. The molecular weight excluding hydrogens is 144 g/mol. The monoisotopic (exact) mass is 149 g/mol. The highest BCUT2D eigenvalue weighted by atomic mass is 16.4. The van der Waals surface area contributed by atoms with Gasteiger partial charge in [-0.1, -0.05) is 0 Å². The molecule has 0 fully saturated rings. The molecule has 0 aliphatic rings. The van der Waals surface area contributed by atoms with Gasteiger partial charge in [-0.2, -0.15) is 0 Å². The van der Waals surface area contributed by atoms with Gasteiger partial charge >= 0.3 is 0 Å². The van der Waals surface area contributed by atoms with Crippen molar-refractivity contribution in [1.29, 1.82) is 0 Å². The van der Waals surface area contributed by atoms with Crippen molar-refractivity contribution in [3.63, 3.8) is 0 Å². The SMILES string of the molecule is [CH](c1ncco1)c1ncco1. The topological polar surface area (TPSA) is 52.1 Å². The van der Waals surface area contributed by atoms with Gasteiger partial charge < -0.3 is 8.83 Å². The Hall–Kier alpha value is -1.58. The lowest BCUT2D eigenvalue weighted by Crippen LogP contribution is -1.83. The molecule has 0 N–H and O–H groups in total. The average Bonchev–Trinajstić information content (AvgIpc) is 2.60. The second-order valence-electron chi connectivity index (χ2n) is 1.89. The van der Waals surface area contributed by atoms with E-state index >= 15 is 0 Å². The Labute approximate surface area is 62.9 Å². The smallest absolute Gasteiger partial charge is 0.207 e. The summed E-state index contributed by atoms with van der Waals surface area (Å²) < 4.78 is 9.88. The minimum absolute atomic E-state index is 0.493. The van der Waals surface area contributed by atoms with Crippen LogP contribution in [-0.4, -0.2) is 9.97 Å². The highest BCUT2D eigenvalue weighted by Gasteiger charge is 2.03. The van der Waals surface area contributed by atoms with Crippen molar-refractivity contribution in [2.24, 2.45) is 0 Å². The highest BCUT2D eigenvalue weighted by Crippen LogP contribution is 2.06. The van der Waals surface area contributed by atoms with Gasteiger partial charge in [0, 0.05) is 0 Å². The normalized spacial score (nSPS) is 10.2. The van der Waals surface area contributed by atoms with Crippen LogP contribution in [0.15, 0.2) is 33.8 Å². The molecule has 0 atom stereocenters. The van der Waals surface area contributed by atoms with E-state index in [4.69, 9.17) is 8.83 Å². The molecule has 4 nitrogen and oxygen atoms in total. The first kappa shape index (κ1) is 6.15. The molecule has 2 rings (SSSR count). The lowest BCUT2D eigenvalue weighted by Gasteiger charge is -1.85. The molecule has 0 bridgehead atoms. The van der Waals surface area contributed by atoms with Crippen LogP contribution in [0.4, 0.5) is 0 Å². The Morgan fingerprint density at radius 2 is 1.55 bits per heavy atom. The molecule has 0 aliphatic heterocycles. The number of hydrogen-bond acceptors (Lipinski definition) is 4. The Morgan fingerprint density at radius 1 is 1.00 bits per heavy atom. The third-order valence-corrected chi connectivity index (χ3v) is 1.15. The number of oxazole rings is 2. The fourth-order valence-electron chi connectivity index (χ4n) is 0.717. The van der Waals surface area contributed by atoms with Gasteiger partial charge in [-0.25, -0.2) is 9.97 Å². The quantitative estimate of drug-likeness (QED) is 0.645. The fraction of sp³-hybridized carbons (Fsp3) is 0. The van der Waals surface area contributed by atoms with E-state index in [2.05, 4.69) is 9.97 Å². The van der Waals surface area contributed by atoms with Crippen LogP contribution in [-0.2, 0) is 0 Å². The summed E-state index contributed by atoms with van der Waals surface area (Å²) in [7, 11) is 0. The van der Waals surface area contributed by atoms with Crippen molar-refractivity contribution in [3.8, 4) is 0 Å². The second-order valence-corrected chi connectivity index (χ2v) is 1.89. The van der Waals surface area contributed by atoms with E-state index in [1.165, 1.54) is 12.5 Å². The summed E-state index contributed by atoms with van der Waals surface area (Å²) in [4.78, 5) is 7.74. The minimum atomic E-state index is 0.493. The van der Waals surface area contributed by atoms with Gasteiger partial charge in [0.1, 0.15) is 18.9 Å². The molecule has 55 valence electrons. The molecule has 2 heterocycles. The van der Waals surface area contributed by atoms with Crippen LogP contribution in [0, 0.1) is 6.42 Å². The van der Waals surface area contributed by atoms with E-state index in [1.54, 1.807) is 18.8 Å². The van der Waals surface area contributed by atoms with Gasteiger partial charge in [-0.05, 0) is 0 Å². The van der Waals surface area contributed by atoms with Gasteiger partial charge in [-0.15, -0.1) is 0 Å². The molecule has 0 spiro atoms. The summed E-state index contributed by atoms with van der Waals surface area (Å²) in [6.07, 6.45) is 7.73. The van der Waals surface area contributed by atoms with E-state index < -0.39 is 0 Å². The summed E-state index contributed by atoms with van der Waals surface area (Å²) in [6.45, 7) is 0. The predicted octanol–water partition coefficient (Wildman–Crippen LogP) is 1.26. The maximum atomic E-state index is 4.94. The van der Waals surface area contributed by atoms with Gasteiger partial charge in [-0.3, -0.25) is 0 Å². The largest absolute Gasteiger partial charge is 0.448 e. The van der Waals surface area contributed by atoms with Crippen molar-refractivity contribution in [1.82, 2.24) is 9.97 Å². The molecule has 2 aromatic heterocycles. The summed E-state index contributed by atoms with van der Waals surface area (Å²) in [5.74, 6) is 0.986. The lowest BCUT2D eigenvalue weighted by atomic mass is 10.4. The molecule has 0 unspecified atom stereocenters. The molecule has 2 aromatic rings. The summed E-state index contributed by atoms with van der Waals surface area (Å²) in [5.41, 5.74) is 0. The zero-order valence-corrected chi connectivity index (χ0v) is 5.60. The van der Waals surface area contributed by atoms with Crippen molar-refractivity contribution < 1.29 is 8.83 Å². The van der Waals surface area contributed by atoms with E-state index in [9.17, 15) is 0 Å². The van der Waals surface area contributed by atoms with E-state index in [-0.39, 0.29) is 0 Å². The predicted molar refractivity (Wildman–Crippen MR) is 35.5 cm³/mol. The van der Waals surface area contributed by atoms with Gasteiger partial charge in [0.2, 0.25) is 11.8 Å². The minimum Gasteiger partial charge on any atom is -0.448 e. The van der Waals surface area contributed by atoms with Crippen molar-refractivity contribution in [2.45, 2.75) is 0 Å². The maximum Gasteiger partial charge on any atom is 0.207 e.